The summed E-state index contributed by atoms with van der Waals surface area (Å²) in [6, 6.07) is 3.60. The van der Waals surface area contributed by atoms with Gasteiger partial charge < -0.3 is 4.74 Å². The van der Waals surface area contributed by atoms with Crippen LogP contribution in [0.1, 0.15) is 32.9 Å². The minimum absolute atomic E-state index is 0.269. The first-order chi connectivity index (χ1) is 7.08. The number of ether oxygens (including phenoxy) is 1. The van der Waals surface area contributed by atoms with E-state index in [-0.39, 0.29) is 6.10 Å². The Balaban J connectivity index is 2.36. The highest BCUT2D eigenvalue weighted by Crippen LogP contribution is 2.12. The van der Waals surface area contributed by atoms with Crippen LogP contribution in [-0.4, -0.2) is 11.1 Å². The van der Waals surface area contributed by atoms with Crippen LogP contribution in [0.15, 0.2) is 18.3 Å². The predicted octanol–water partition coefficient (Wildman–Crippen LogP) is 3.69. The lowest BCUT2D eigenvalue weighted by Gasteiger charge is -2.14. The Bertz CT molecular complexity index is 301. The summed E-state index contributed by atoms with van der Waals surface area (Å²) in [6.45, 7) is 7.01. The molecule has 1 rings (SSSR count). The molecule has 0 saturated heterocycles. The molecule has 0 aromatic carbocycles. The highest BCUT2D eigenvalue weighted by Gasteiger charge is 2.05. The summed E-state index contributed by atoms with van der Waals surface area (Å²) < 4.78 is 5.67. The van der Waals surface area contributed by atoms with Crippen molar-refractivity contribution in [1.82, 2.24) is 4.98 Å². The van der Waals surface area contributed by atoms with E-state index in [0.29, 0.717) is 17.5 Å². The standard InChI is InChI=1S/C12H18ClNO/c1-9(2)6-10(3)15-8-12-7-11(13)4-5-14-12/h4-5,7,9-10H,6,8H2,1-3H3. The molecule has 0 saturated carbocycles. The molecule has 0 aliphatic carbocycles. The van der Waals surface area contributed by atoms with Crippen LogP contribution < -0.4 is 0 Å². The lowest BCUT2D eigenvalue weighted by atomic mass is 10.1. The fourth-order valence-electron chi connectivity index (χ4n) is 1.49. The molecular weight excluding hydrogens is 210 g/mol. The molecule has 1 aromatic heterocycles. The molecule has 3 heteroatoms. The third-order valence-corrected chi connectivity index (χ3v) is 2.33. The lowest BCUT2D eigenvalue weighted by Crippen LogP contribution is -2.11. The van der Waals surface area contributed by atoms with Gasteiger partial charge in [0.2, 0.25) is 0 Å². The van der Waals surface area contributed by atoms with E-state index in [1.54, 1.807) is 12.3 Å². The fourth-order valence-corrected chi connectivity index (χ4v) is 1.67. The lowest BCUT2D eigenvalue weighted by molar-refractivity contribution is 0.0379. The smallest absolute Gasteiger partial charge is 0.0892 e. The number of hydrogen-bond acceptors (Lipinski definition) is 2. The summed E-state index contributed by atoms with van der Waals surface area (Å²) >= 11 is 5.85. The summed E-state index contributed by atoms with van der Waals surface area (Å²) in [7, 11) is 0. The van der Waals surface area contributed by atoms with Crippen molar-refractivity contribution in [3.8, 4) is 0 Å². The molecule has 0 amide bonds. The van der Waals surface area contributed by atoms with Crippen LogP contribution in [-0.2, 0) is 11.3 Å². The average molecular weight is 228 g/mol. The molecule has 15 heavy (non-hydrogen) atoms. The van der Waals surface area contributed by atoms with E-state index in [0.717, 1.165) is 12.1 Å². The molecule has 84 valence electrons. The van der Waals surface area contributed by atoms with E-state index in [1.165, 1.54) is 0 Å². The molecular formula is C12H18ClNO. The third-order valence-electron chi connectivity index (χ3n) is 2.10. The van der Waals surface area contributed by atoms with Gasteiger partial charge in [-0.25, -0.2) is 0 Å². The molecule has 1 heterocycles. The van der Waals surface area contributed by atoms with Gasteiger partial charge in [-0.3, -0.25) is 4.98 Å². The van der Waals surface area contributed by atoms with Crippen molar-refractivity contribution < 1.29 is 4.74 Å². The van der Waals surface area contributed by atoms with E-state index in [2.05, 4.69) is 25.8 Å². The normalized spacial score (nSPS) is 13.1. The molecule has 0 radical (unpaired) electrons. The van der Waals surface area contributed by atoms with Crippen LogP contribution in [0.4, 0.5) is 0 Å². The number of rotatable bonds is 5. The van der Waals surface area contributed by atoms with Crippen molar-refractivity contribution >= 4 is 11.6 Å². The Morgan fingerprint density at radius 2 is 2.13 bits per heavy atom. The van der Waals surface area contributed by atoms with Gasteiger partial charge in [-0.15, -0.1) is 0 Å². The van der Waals surface area contributed by atoms with Gasteiger partial charge in [0, 0.05) is 11.2 Å². The molecule has 2 nitrogen and oxygen atoms in total. The predicted molar refractivity (Wildman–Crippen MR) is 63.0 cm³/mol. The van der Waals surface area contributed by atoms with Gasteiger partial charge in [-0.05, 0) is 31.4 Å². The third kappa shape index (κ3) is 5.14. The zero-order valence-electron chi connectivity index (χ0n) is 9.53. The van der Waals surface area contributed by atoms with Gasteiger partial charge in [0.1, 0.15) is 0 Å². The largest absolute Gasteiger partial charge is 0.372 e. The summed E-state index contributed by atoms with van der Waals surface area (Å²) in [5.74, 6) is 0.660. The molecule has 1 atom stereocenters. The highest BCUT2D eigenvalue weighted by atomic mass is 35.5. The second-order valence-corrected chi connectivity index (χ2v) is 4.65. The maximum absolute atomic E-state index is 5.85. The Morgan fingerprint density at radius 1 is 1.40 bits per heavy atom. The Hall–Kier alpha value is -0.600. The first-order valence-corrected chi connectivity index (χ1v) is 5.67. The number of halogens is 1. The van der Waals surface area contributed by atoms with Gasteiger partial charge >= 0.3 is 0 Å². The second kappa shape index (κ2) is 6.09. The van der Waals surface area contributed by atoms with E-state index in [9.17, 15) is 0 Å². The number of aromatic nitrogens is 1. The maximum Gasteiger partial charge on any atom is 0.0892 e. The molecule has 1 unspecified atom stereocenters. The summed E-state index contributed by atoms with van der Waals surface area (Å²) in [6.07, 6.45) is 3.04. The van der Waals surface area contributed by atoms with E-state index in [4.69, 9.17) is 16.3 Å². The summed E-state index contributed by atoms with van der Waals surface area (Å²) in [5, 5.41) is 0.708. The van der Waals surface area contributed by atoms with Gasteiger partial charge in [-0.2, -0.15) is 0 Å². The van der Waals surface area contributed by atoms with Crippen molar-refractivity contribution in [3.63, 3.8) is 0 Å². The van der Waals surface area contributed by atoms with Crippen LogP contribution in [0.3, 0.4) is 0 Å². The summed E-state index contributed by atoms with van der Waals surface area (Å²) in [5.41, 5.74) is 0.887. The highest BCUT2D eigenvalue weighted by molar-refractivity contribution is 6.30. The van der Waals surface area contributed by atoms with Gasteiger partial charge in [-0.1, -0.05) is 25.4 Å². The SMILES string of the molecule is CC(C)CC(C)OCc1cc(Cl)ccn1. The molecule has 0 spiro atoms. The summed E-state index contributed by atoms with van der Waals surface area (Å²) in [4.78, 5) is 4.18. The zero-order valence-corrected chi connectivity index (χ0v) is 10.3. The van der Waals surface area contributed by atoms with Gasteiger partial charge in [0.05, 0.1) is 18.4 Å². The first kappa shape index (κ1) is 12.5. The quantitative estimate of drug-likeness (QED) is 0.766. The van der Waals surface area contributed by atoms with E-state index < -0.39 is 0 Å². The molecule has 0 N–H and O–H groups in total. The Morgan fingerprint density at radius 3 is 2.73 bits per heavy atom. The Labute approximate surface area is 96.6 Å². The molecule has 0 aliphatic rings. The van der Waals surface area contributed by atoms with Gasteiger partial charge in [0.15, 0.2) is 0 Å². The minimum Gasteiger partial charge on any atom is -0.372 e. The number of pyridine rings is 1. The zero-order chi connectivity index (χ0) is 11.3. The minimum atomic E-state index is 0.269. The first-order valence-electron chi connectivity index (χ1n) is 5.30. The maximum atomic E-state index is 5.85. The van der Waals surface area contributed by atoms with E-state index >= 15 is 0 Å². The molecule has 0 aliphatic heterocycles. The monoisotopic (exact) mass is 227 g/mol. The average Bonchev–Trinajstić information content (AvgIpc) is 2.14. The van der Waals surface area contributed by atoms with Crippen molar-refractivity contribution in [3.05, 3.63) is 29.0 Å². The van der Waals surface area contributed by atoms with Crippen LogP contribution in [0, 0.1) is 5.92 Å². The van der Waals surface area contributed by atoms with Gasteiger partial charge in [0.25, 0.3) is 0 Å². The second-order valence-electron chi connectivity index (χ2n) is 4.22. The molecule has 0 fully saturated rings. The number of hydrogen-bond donors (Lipinski definition) is 0. The molecule has 1 aromatic rings. The fraction of sp³-hybridized carbons (Fsp3) is 0.583. The van der Waals surface area contributed by atoms with Crippen molar-refractivity contribution in [2.75, 3.05) is 0 Å². The van der Waals surface area contributed by atoms with Crippen LogP contribution in [0.2, 0.25) is 5.02 Å². The van der Waals surface area contributed by atoms with Crippen molar-refractivity contribution in [1.29, 1.82) is 0 Å². The van der Waals surface area contributed by atoms with Crippen molar-refractivity contribution in [2.45, 2.75) is 39.9 Å². The molecule has 0 bridgehead atoms. The van der Waals surface area contributed by atoms with Crippen LogP contribution in [0.5, 0.6) is 0 Å². The van der Waals surface area contributed by atoms with E-state index in [1.807, 2.05) is 6.07 Å². The van der Waals surface area contributed by atoms with Crippen molar-refractivity contribution in [2.24, 2.45) is 5.92 Å². The van der Waals surface area contributed by atoms with Crippen LogP contribution in [0.25, 0.3) is 0 Å². The van der Waals surface area contributed by atoms with Crippen LogP contribution >= 0.6 is 11.6 Å². The number of nitrogens with zero attached hydrogens (tertiary/aromatic N) is 1. The topological polar surface area (TPSA) is 22.1 Å². The Kier molecular flexibility index (Phi) is 5.06.